The van der Waals surface area contributed by atoms with Crippen LogP contribution in [0.4, 0.5) is 5.69 Å². The van der Waals surface area contributed by atoms with E-state index >= 15 is 0 Å². The summed E-state index contributed by atoms with van der Waals surface area (Å²) in [5.41, 5.74) is 1.50. The Morgan fingerprint density at radius 2 is 1.94 bits per heavy atom. The number of anilines is 1. The minimum atomic E-state index is 0.0262. The van der Waals surface area contributed by atoms with Crippen molar-refractivity contribution in [1.82, 2.24) is 5.32 Å². The maximum absolute atomic E-state index is 12.1. The zero-order valence-electron chi connectivity index (χ0n) is 10.2. The van der Waals surface area contributed by atoms with Crippen LogP contribution in [0.25, 0.3) is 0 Å². The number of piperidine rings is 1. The van der Waals surface area contributed by atoms with Crippen LogP contribution in [0.5, 0.6) is 0 Å². The number of carbonyl (C=O) groups excluding carboxylic acids is 1. The number of benzene rings is 1. The van der Waals surface area contributed by atoms with Gasteiger partial charge in [-0.25, -0.2) is 0 Å². The van der Waals surface area contributed by atoms with E-state index in [1.165, 1.54) is 0 Å². The monoisotopic (exact) mass is 286 g/mol. The van der Waals surface area contributed by atoms with Crippen LogP contribution in [0.1, 0.15) is 18.4 Å². The highest BCUT2D eigenvalue weighted by Gasteiger charge is 2.21. The molecule has 1 amide bonds. The van der Waals surface area contributed by atoms with Crippen LogP contribution in [-0.2, 0) is 4.79 Å². The molecule has 1 aliphatic heterocycles. The minimum absolute atomic E-state index is 0.0262. The Bertz CT molecular complexity index is 457. The third-order valence-corrected chi connectivity index (χ3v) is 3.94. The molecule has 0 bridgehead atoms. The molecule has 1 heterocycles. The van der Waals surface area contributed by atoms with Gasteiger partial charge in [0.15, 0.2) is 0 Å². The largest absolute Gasteiger partial charge is 0.324 e. The zero-order chi connectivity index (χ0) is 13.1. The maximum Gasteiger partial charge on any atom is 0.227 e. The Kier molecular flexibility index (Phi) is 4.49. The Morgan fingerprint density at radius 3 is 2.61 bits per heavy atom. The first-order valence-corrected chi connectivity index (χ1v) is 6.80. The number of hydrogen-bond donors (Lipinski definition) is 2. The predicted octanol–water partition coefficient (Wildman–Crippen LogP) is 3.24. The van der Waals surface area contributed by atoms with Gasteiger partial charge in [0.2, 0.25) is 5.91 Å². The van der Waals surface area contributed by atoms with E-state index in [-0.39, 0.29) is 11.8 Å². The van der Waals surface area contributed by atoms with Crippen LogP contribution >= 0.6 is 23.2 Å². The van der Waals surface area contributed by atoms with Crippen molar-refractivity contribution in [3.8, 4) is 0 Å². The van der Waals surface area contributed by atoms with Gasteiger partial charge in [-0.2, -0.15) is 0 Å². The summed E-state index contributed by atoms with van der Waals surface area (Å²) in [6, 6.07) is 3.47. The SMILES string of the molecule is Cc1cc(Cl)c(NC(=O)C2CCNCC2)cc1Cl. The van der Waals surface area contributed by atoms with Crippen molar-refractivity contribution in [3.63, 3.8) is 0 Å². The minimum Gasteiger partial charge on any atom is -0.324 e. The lowest BCUT2D eigenvalue weighted by atomic mass is 9.97. The van der Waals surface area contributed by atoms with Gasteiger partial charge in [0.1, 0.15) is 0 Å². The number of amides is 1. The van der Waals surface area contributed by atoms with Crippen LogP contribution in [0.2, 0.25) is 10.0 Å². The molecular weight excluding hydrogens is 271 g/mol. The molecule has 98 valence electrons. The number of aryl methyl sites for hydroxylation is 1. The second kappa shape index (κ2) is 5.91. The number of carbonyl (C=O) groups is 1. The highest BCUT2D eigenvalue weighted by molar-refractivity contribution is 6.36. The molecule has 0 atom stereocenters. The van der Waals surface area contributed by atoms with Crippen molar-refractivity contribution >= 4 is 34.8 Å². The van der Waals surface area contributed by atoms with E-state index in [0.29, 0.717) is 15.7 Å². The van der Waals surface area contributed by atoms with Gasteiger partial charge < -0.3 is 10.6 Å². The summed E-state index contributed by atoms with van der Waals surface area (Å²) in [5.74, 6) is 0.0840. The molecule has 18 heavy (non-hydrogen) atoms. The van der Waals surface area contributed by atoms with Gasteiger partial charge in [-0.05, 0) is 50.6 Å². The van der Waals surface area contributed by atoms with Crippen molar-refractivity contribution in [1.29, 1.82) is 0 Å². The topological polar surface area (TPSA) is 41.1 Å². The average Bonchev–Trinajstić information content (AvgIpc) is 2.37. The normalized spacial score (nSPS) is 16.6. The van der Waals surface area contributed by atoms with E-state index in [0.717, 1.165) is 31.5 Å². The van der Waals surface area contributed by atoms with Crippen molar-refractivity contribution in [2.45, 2.75) is 19.8 Å². The molecule has 2 N–H and O–H groups in total. The molecule has 2 rings (SSSR count). The van der Waals surface area contributed by atoms with Crippen molar-refractivity contribution in [2.75, 3.05) is 18.4 Å². The zero-order valence-corrected chi connectivity index (χ0v) is 11.7. The lowest BCUT2D eigenvalue weighted by Gasteiger charge is -2.22. The molecule has 0 aromatic heterocycles. The van der Waals surface area contributed by atoms with Crippen LogP contribution in [0.15, 0.2) is 12.1 Å². The van der Waals surface area contributed by atoms with E-state index in [2.05, 4.69) is 10.6 Å². The highest BCUT2D eigenvalue weighted by Crippen LogP contribution is 2.29. The highest BCUT2D eigenvalue weighted by atomic mass is 35.5. The Balaban J connectivity index is 2.08. The second-order valence-corrected chi connectivity index (χ2v) is 5.41. The predicted molar refractivity (Wildman–Crippen MR) is 75.4 cm³/mol. The summed E-state index contributed by atoms with van der Waals surface area (Å²) >= 11 is 12.1. The lowest BCUT2D eigenvalue weighted by molar-refractivity contribution is -0.120. The quantitative estimate of drug-likeness (QED) is 0.876. The lowest BCUT2D eigenvalue weighted by Crippen LogP contribution is -2.34. The third-order valence-electron chi connectivity index (χ3n) is 3.22. The van der Waals surface area contributed by atoms with Crippen molar-refractivity contribution in [3.05, 3.63) is 27.7 Å². The third kappa shape index (κ3) is 3.16. The van der Waals surface area contributed by atoms with Gasteiger partial charge >= 0.3 is 0 Å². The van der Waals surface area contributed by atoms with Crippen LogP contribution in [-0.4, -0.2) is 19.0 Å². The van der Waals surface area contributed by atoms with E-state index < -0.39 is 0 Å². The molecule has 0 saturated carbocycles. The van der Waals surface area contributed by atoms with Crippen LogP contribution < -0.4 is 10.6 Å². The molecule has 0 aliphatic carbocycles. The summed E-state index contributed by atoms with van der Waals surface area (Å²) in [6.45, 7) is 3.66. The van der Waals surface area contributed by atoms with Gasteiger partial charge in [0.05, 0.1) is 10.7 Å². The van der Waals surface area contributed by atoms with Crippen LogP contribution in [0.3, 0.4) is 0 Å². The van der Waals surface area contributed by atoms with E-state index in [1.807, 2.05) is 6.92 Å². The van der Waals surface area contributed by atoms with E-state index in [9.17, 15) is 4.79 Å². The van der Waals surface area contributed by atoms with Crippen LogP contribution in [0, 0.1) is 12.8 Å². The molecule has 1 aromatic carbocycles. The molecule has 0 unspecified atom stereocenters. The summed E-state index contributed by atoms with van der Waals surface area (Å²) in [7, 11) is 0. The fourth-order valence-corrected chi connectivity index (χ4v) is 2.49. The Hall–Kier alpha value is -0.770. The number of nitrogens with one attached hydrogen (secondary N) is 2. The Morgan fingerprint density at radius 1 is 1.28 bits per heavy atom. The standard InChI is InChI=1S/C13H16Cl2N2O/c1-8-6-11(15)12(7-10(8)14)17-13(18)9-2-4-16-5-3-9/h6-7,9,16H,2-5H2,1H3,(H,17,18). The second-order valence-electron chi connectivity index (χ2n) is 4.59. The molecule has 1 aromatic rings. The van der Waals surface area contributed by atoms with Gasteiger partial charge in [-0.1, -0.05) is 23.2 Å². The Labute approximate surface area is 117 Å². The first-order valence-electron chi connectivity index (χ1n) is 6.05. The summed E-state index contributed by atoms with van der Waals surface area (Å²) in [5, 5.41) is 7.24. The fraction of sp³-hybridized carbons (Fsp3) is 0.462. The maximum atomic E-state index is 12.1. The van der Waals surface area contributed by atoms with Crippen molar-refractivity contribution in [2.24, 2.45) is 5.92 Å². The average molecular weight is 287 g/mol. The summed E-state index contributed by atoms with van der Waals surface area (Å²) < 4.78 is 0. The molecule has 1 saturated heterocycles. The molecule has 0 spiro atoms. The van der Waals surface area contributed by atoms with Gasteiger partial charge in [0, 0.05) is 10.9 Å². The smallest absolute Gasteiger partial charge is 0.227 e. The molecule has 1 fully saturated rings. The summed E-state index contributed by atoms with van der Waals surface area (Å²) in [6.07, 6.45) is 1.73. The molecule has 5 heteroatoms. The first-order chi connectivity index (χ1) is 8.58. The van der Waals surface area contributed by atoms with Gasteiger partial charge in [-0.3, -0.25) is 4.79 Å². The molecule has 0 radical (unpaired) electrons. The van der Waals surface area contributed by atoms with E-state index in [1.54, 1.807) is 12.1 Å². The van der Waals surface area contributed by atoms with Gasteiger partial charge in [0.25, 0.3) is 0 Å². The molecular formula is C13H16Cl2N2O. The molecule has 1 aliphatic rings. The van der Waals surface area contributed by atoms with Gasteiger partial charge in [-0.15, -0.1) is 0 Å². The number of halogens is 2. The van der Waals surface area contributed by atoms with E-state index in [4.69, 9.17) is 23.2 Å². The first kappa shape index (κ1) is 13.7. The fourth-order valence-electron chi connectivity index (χ4n) is 2.06. The molecule has 3 nitrogen and oxygen atoms in total. The number of hydrogen-bond acceptors (Lipinski definition) is 2. The van der Waals surface area contributed by atoms with Crippen molar-refractivity contribution < 1.29 is 4.79 Å². The number of rotatable bonds is 2. The summed E-state index contributed by atoms with van der Waals surface area (Å²) in [4.78, 5) is 12.1.